The Bertz CT molecular complexity index is 708. The minimum Gasteiger partial charge on any atom is -0.491 e. The average Bonchev–Trinajstić information content (AvgIpc) is 3.17. The standard InChI is InChI=1S/C21H25NO4/c1-16-5-2-6-18(22-16)7-3-14-25-21(23)17-9-11-19(12-10-17)26-15-20-8-4-13-24-20/h2,5-6,9-12,20H,3-4,7-8,13-15H2,1H3. The Balaban J connectivity index is 1.38. The molecule has 1 unspecified atom stereocenters. The molecule has 138 valence electrons. The number of esters is 1. The molecule has 26 heavy (non-hydrogen) atoms. The minimum absolute atomic E-state index is 0.183. The molecule has 0 radical (unpaired) electrons. The fourth-order valence-electron chi connectivity index (χ4n) is 2.89. The van der Waals surface area contributed by atoms with Crippen molar-refractivity contribution in [3.05, 3.63) is 59.4 Å². The maximum Gasteiger partial charge on any atom is 0.338 e. The van der Waals surface area contributed by atoms with Crippen LogP contribution in [0.5, 0.6) is 5.75 Å². The van der Waals surface area contributed by atoms with Crippen LogP contribution < -0.4 is 4.74 Å². The molecule has 1 aromatic carbocycles. The molecule has 1 saturated heterocycles. The van der Waals surface area contributed by atoms with Crippen LogP contribution in [-0.2, 0) is 15.9 Å². The highest BCUT2D eigenvalue weighted by Crippen LogP contribution is 2.17. The molecule has 0 spiro atoms. The van der Waals surface area contributed by atoms with E-state index in [0.29, 0.717) is 18.8 Å². The van der Waals surface area contributed by atoms with E-state index in [1.165, 1.54) is 0 Å². The molecule has 1 aliphatic heterocycles. The van der Waals surface area contributed by atoms with Crippen molar-refractivity contribution in [2.75, 3.05) is 19.8 Å². The lowest BCUT2D eigenvalue weighted by Gasteiger charge is -2.11. The van der Waals surface area contributed by atoms with Crippen molar-refractivity contribution in [3.63, 3.8) is 0 Å². The van der Waals surface area contributed by atoms with Crippen molar-refractivity contribution in [1.82, 2.24) is 4.98 Å². The number of rotatable bonds is 8. The summed E-state index contributed by atoms with van der Waals surface area (Å²) in [5.41, 5.74) is 2.55. The van der Waals surface area contributed by atoms with Crippen LogP contribution in [0.25, 0.3) is 0 Å². The number of pyridine rings is 1. The number of hydrogen-bond acceptors (Lipinski definition) is 5. The fourth-order valence-corrected chi connectivity index (χ4v) is 2.89. The summed E-state index contributed by atoms with van der Waals surface area (Å²) in [4.78, 5) is 16.5. The van der Waals surface area contributed by atoms with Gasteiger partial charge in [-0.1, -0.05) is 6.07 Å². The largest absolute Gasteiger partial charge is 0.491 e. The van der Waals surface area contributed by atoms with Gasteiger partial charge in [0.05, 0.1) is 18.3 Å². The van der Waals surface area contributed by atoms with Gasteiger partial charge in [-0.05, 0) is 69.0 Å². The Kier molecular flexibility index (Phi) is 6.61. The highest BCUT2D eigenvalue weighted by molar-refractivity contribution is 5.89. The summed E-state index contributed by atoms with van der Waals surface area (Å²) in [6.45, 7) is 3.72. The third-order valence-corrected chi connectivity index (χ3v) is 4.31. The van der Waals surface area contributed by atoms with E-state index in [-0.39, 0.29) is 12.1 Å². The minimum atomic E-state index is -0.312. The number of hydrogen-bond donors (Lipinski definition) is 0. The second kappa shape index (κ2) is 9.34. The molecule has 5 nitrogen and oxygen atoms in total. The van der Waals surface area contributed by atoms with E-state index in [9.17, 15) is 4.79 Å². The van der Waals surface area contributed by atoms with Crippen molar-refractivity contribution < 1.29 is 19.0 Å². The number of nitrogens with zero attached hydrogens (tertiary/aromatic N) is 1. The van der Waals surface area contributed by atoms with Gasteiger partial charge in [0.1, 0.15) is 12.4 Å². The molecule has 0 bridgehead atoms. The predicted octanol–water partition coefficient (Wildman–Crippen LogP) is 3.74. The summed E-state index contributed by atoms with van der Waals surface area (Å²) in [5.74, 6) is 0.426. The van der Waals surface area contributed by atoms with Crippen molar-refractivity contribution in [3.8, 4) is 5.75 Å². The van der Waals surface area contributed by atoms with Crippen LogP contribution >= 0.6 is 0 Å². The van der Waals surface area contributed by atoms with Gasteiger partial charge in [-0.2, -0.15) is 0 Å². The first-order valence-electron chi connectivity index (χ1n) is 9.15. The first kappa shape index (κ1) is 18.4. The molecular weight excluding hydrogens is 330 g/mol. The van der Waals surface area contributed by atoms with Crippen molar-refractivity contribution in [2.24, 2.45) is 0 Å². The van der Waals surface area contributed by atoms with E-state index in [2.05, 4.69) is 4.98 Å². The predicted molar refractivity (Wildman–Crippen MR) is 98.5 cm³/mol. The van der Waals surface area contributed by atoms with Gasteiger partial charge >= 0.3 is 5.97 Å². The van der Waals surface area contributed by atoms with Gasteiger partial charge in [0.25, 0.3) is 0 Å². The van der Waals surface area contributed by atoms with Gasteiger partial charge in [0, 0.05) is 18.0 Å². The SMILES string of the molecule is Cc1cccc(CCCOC(=O)c2ccc(OCC3CCCO3)cc2)n1. The van der Waals surface area contributed by atoms with Gasteiger partial charge in [-0.3, -0.25) is 4.98 Å². The van der Waals surface area contributed by atoms with Crippen LogP contribution in [0.4, 0.5) is 0 Å². The molecule has 0 aliphatic carbocycles. The molecule has 2 aromatic rings. The second-order valence-electron chi connectivity index (χ2n) is 6.48. The number of ether oxygens (including phenoxy) is 3. The quantitative estimate of drug-likeness (QED) is 0.533. The van der Waals surface area contributed by atoms with Crippen molar-refractivity contribution >= 4 is 5.97 Å². The number of carbonyl (C=O) groups is 1. The first-order valence-corrected chi connectivity index (χ1v) is 9.15. The van der Waals surface area contributed by atoms with E-state index in [1.807, 2.05) is 25.1 Å². The summed E-state index contributed by atoms with van der Waals surface area (Å²) in [5, 5.41) is 0. The van der Waals surface area contributed by atoms with Crippen LogP contribution in [0.15, 0.2) is 42.5 Å². The molecule has 0 saturated carbocycles. The molecule has 0 N–H and O–H groups in total. The Labute approximate surface area is 154 Å². The van der Waals surface area contributed by atoms with Crippen LogP contribution in [-0.4, -0.2) is 36.9 Å². The Morgan fingerprint density at radius 3 is 2.81 bits per heavy atom. The molecule has 1 atom stereocenters. The zero-order valence-electron chi connectivity index (χ0n) is 15.1. The molecule has 2 heterocycles. The van der Waals surface area contributed by atoms with E-state index < -0.39 is 0 Å². The summed E-state index contributed by atoms with van der Waals surface area (Å²) >= 11 is 0. The molecule has 0 amide bonds. The molecule has 1 aliphatic rings. The van der Waals surface area contributed by atoms with Crippen LogP contribution in [0.3, 0.4) is 0 Å². The lowest BCUT2D eigenvalue weighted by atomic mass is 10.2. The summed E-state index contributed by atoms with van der Waals surface area (Å²) < 4.78 is 16.6. The highest BCUT2D eigenvalue weighted by Gasteiger charge is 2.16. The van der Waals surface area contributed by atoms with Gasteiger partial charge in [0.2, 0.25) is 0 Å². The number of benzene rings is 1. The summed E-state index contributed by atoms with van der Waals surface area (Å²) in [6, 6.07) is 13.0. The Morgan fingerprint density at radius 2 is 2.08 bits per heavy atom. The van der Waals surface area contributed by atoms with E-state index >= 15 is 0 Å². The summed E-state index contributed by atoms with van der Waals surface area (Å²) in [7, 11) is 0. The number of carbonyl (C=O) groups excluding carboxylic acids is 1. The zero-order valence-corrected chi connectivity index (χ0v) is 15.1. The smallest absolute Gasteiger partial charge is 0.338 e. The monoisotopic (exact) mass is 355 g/mol. The van der Waals surface area contributed by atoms with Crippen LogP contribution in [0.2, 0.25) is 0 Å². The average molecular weight is 355 g/mol. The van der Waals surface area contributed by atoms with Gasteiger partial charge in [-0.25, -0.2) is 4.79 Å². The van der Waals surface area contributed by atoms with Crippen LogP contribution in [0.1, 0.15) is 41.0 Å². The Morgan fingerprint density at radius 1 is 1.23 bits per heavy atom. The van der Waals surface area contributed by atoms with E-state index in [4.69, 9.17) is 14.2 Å². The topological polar surface area (TPSA) is 57.7 Å². The lowest BCUT2D eigenvalue weighted by Crippen LogP contribution is -2.16. The molecule has 3 rings (SSSR count). The third-order valence-electron chi connectivity index (χ3n) is 4.31. The fraction of sp³-hybridized carbons (Fsp3) is 0.429. The first-order chi connectivity index (χ1) is 12.7. The normalized spacial score (nSPS) is 16.4. The van der Waals surface area contributed by atoms with E-state index in [1.54, 1.807) is 24.3 Å². The third kappa shape index (κ3) is 5.56. The molecule has 5 heteroatoms. The highest BCUT2D eigenvalue weighted by atomic mass is 16.5. The molecular formula is C21H25NO4. The van der Waals surface area contributed by atoms with Crippen LogP contribution in [0, 0.1) is 6.92 Å². The number of aromatic nitrogens is 1. The van der Waals surface area contributed by atoms with E-state index in [0.717, 1.165) is 49.4 Å². The van der Waals surface area contributed by atoms with Gasteiger partial charge in [0.15, 0.2) is 0 Å². The number of aryl methyl sites for hydroxylation is 2. The lowest BCUT2D eigenvalue weighted by molar-refractivity contribution is 0.0500. The maximum atomic E-state index is 12.1. The van der Waals surface area contributed by atoms with Gasteiger partial charge in [-0.15, -0.1) is 0 Å². The van der Waals surface area contributed by atoms with Crippen molar-refractivity contribution in [2.45, 2.75) is 38.7 Å². The maximum absolute atomic E-state index is 12.1. The second-order valence-corrected chi connectivity index (χ2v) is 6.48. The Hall–Kier alpha value is -2.40. The van der Waals surface area contributed by atoms with Crippen molar-refractivity contribution in [1.29, 1.82) is 0 Å². The van der Waals surface area contributed by atoms with Gasteiger partial charge < -0.3 is 14.2 Å². The molecule has 1 fully saturated rings. The summed E-state index contributed by atoms with van der Waals surface area (Å²) in [6.07, 6.45) is 3.87. The zero-order chi connectivity index (χ0) is 18.2. The molecule has 1 aromatic heterocycles.